The van der Waals surface area contributed by atoms with Crippen molar-refractivity contribution in [3.05, 3.63) is 65.5 Å². The monoisotopic (exact) mass is 272 g/mol. The third kappa shape index (κ3) is 3.22. The summed E-state index contributed by atoms with van der Waals surface area (Å²) in [6.07, 6.45) is 0. The van der Waals surface area contributed by atoms with Gasteiger partial charge < -0.3 is 10.6 Å². The predicted octanol–water partition coefficient (Wildman–Crippen LogP) is 2.74. The molecule has 0 aliphatic heterocycles. The van der Waals surface area contributed by atoms with Crippen LogP contribution in [0.4, 0.5) is 10.1 Å². The van der Waals surface area contributed by atoms with Gasteiger partial charge in [0.05, 0.1) is 0 Å². The lowest BCUT2D eigenvalue weighted by molar-refractivity contribution is 0.0987. The van der Waals surface area contributed by atoms with Crippen LogP contribution in [0.25, 0.3) is 0 Å². The second-order valence-electron chi connectivity index (χ2n) is 4.59. The Kier molecular flexibility index (Phi) is 4.48. The minimum absolute atomic E-state index is 0.249. The molecule has 2 aromatic carbocycles. The number of amides is 1. The molecule has 0 fully saturated rings. The summed E-state index contributed by atoms with van der Waals surface area (Å²) in [5.41, 5.74) is 7.72. The van der Waals surface area contributed by atoms with Gasteiger partial charge in [-0.3, -0.25) is 4.79 Å². The standard InChI is InChI=1S/C16H17FN2O/c1-12-4-2-7-15(10-12)19(9-8-18)16(20)13-5-3-6-14(17)11-13/h2-7,10-11H,8-9,18H2,1H3. The Bertz CT molecular complexity index is 613. The third-order valence-corrected chi connectivity index (χ3v) is 2.98. The molecular weight excluding hydrogens is 255 g/mol. The van der Waals surface area contributed by atoms with E-state index in [-0.39, 0.29) is 5.91 Å². The van der Waals surface area contributed by atoms with E-state index in [2.05, 4.69) is 0 Å². The molecule has 0 bridgehead atoms. The molecule has 104 valence electrons. The average Bonchev–Trinajstić information content (AvgIpc) is 2.44. The third-order valence-electron chi connectivity index (χ3n) is 2.98. The summed E-state index contributed by atoms with van der Waals surface area (Å²) < 4.78 is 13.2. The topological polar surface area (TPSA) is 46.3 Å². The number of nitrogens with zero attached hydrogens (tertiary/aromatic N) is 1. The van der Waals surface area contributed by atoms with Crippen LogP contribution in [0.2, 0.25) is 0 Å². The molecule has 3 nitrogen and oxygen atoms in total. The van der Waals surface area contributed by atoms with Crippen molar-refractivity contribution >= 4 is 11.6 Å². The maximum absolute atomic E-state index is 13.2. The maximum atomic E-state index is 13.2. The van der Waals surface area contributed by atoms with Crippen molar-refractivity contribution in [2.24, 2.45) is 5.73 Å². The Morgan fingerprint density at radius 3 is 2.60 bits per heavy atom. The second-order valence-corrected chi connectivity index (χ2v) is 4.59. The number of halogens is 1. The molecule has 1 amide bonds. The highest BCUT2D eigenvalue weighted by Gasteiger charge is 2.17. The Balaban J connectivity index is 2.35. The molecule has 0 saturated carbocycles. The van der Waals surface area contributed by atoms with Crippen LogP contribution in [0.5, 0.6) is 0 Å². The molecule has 2 rings (SSSR count). The molecule has 0 aromatic heterocycles. The van der Waals surface area contributed by atoms with Crippen molar-refractivity contribution in [2.45, 2.75) is 6.92 Å². The Morgan fingerprint density at radius 1 is 1.20 bits per heavy atom. The molecule has 2 N–H and O–H groups in total. The van der Waals surface area contributed by atoms with E-state index in [1.54, 1.807) is 11.0 Å². The van der Waals surface area contributed by atoms with E-state index >= 15 is 0 Å². The molecule has 0 aliphatic carbocycles. The summed E-state index contributed by atoms with van der Waals surface area (Å²) in [4.78, 5) is 14.1. The quantitative estimate of drug-likeness (QED) is 0.930. The average molecular weight is 272 g/mol. The van der Waals surface area contributed by atoms with Gasteiger partial charge in [0, 0.05) is 24.3 Å². The lowest BCUT2D eigenvalue weighted by atomic mass is 10.1. The highest BCUT2D eigenvalue weighted by molar-refractivity contribution is 6.06. The highest BCUT2D eigenvalue weighted by atomic mass is 19.1. The van der Waals surface area contributed by atoms with Crippen LogP contribution in [-0.4, -0.2) is 19.0 Å². The summed E-state index contributed by atoms with van der Waals surface area (Å²) in [6.45, 7) is 2.69. The fourth-order valence-electron chi connectivity index (χ4n) is 2.05. The first-order valence-corrected chi connectivity index (χ1v) is 6.46. The van der Waals surface area contributed by atoms with Crippen molar-refractivity contribution < 1.29 is 9.18 Å². The summed E-state index contributed by atoms with van der Waals surface area (Å²) in [6, 6.07) is 13.3. The minimum atomic E-state index is -0.423. The summed E-state index contributed by atoms with van der Waals surface area (Å²) in [5.74, 6) is -0.673. The van der Waals surface area contributed by atoms with Gasteiger partial charge in [-0.25, -0.2) is 4.39 Å². The van der Waals surface area contributed by atoms with Gasteiger partial charge in [0.25, 0.3) is 5.91 Å². The molecule has 0 spiro atoms. The molecule has 0 unspecified atom stereocenters. The molecule has 0 heterocycles. The predicted molar refractivity (Wildman–Crippen MR) is 78.3 cm³/mol. The first-order valence-electron chi connectivity index (χ1n) is 6.46. The van der Waals surface area contributed by atoms with Crippen LogP contribution >= 0.6 is 0 Å². The van der Waals surface area contributed by atoms with Crippen molar-refractivity contribution in [1.82, 2.24) is 0 Å². The van der Waals surface area contributed by atoms with E-state index in [0.29, 0.717) is 18.7 Å². The van der Waals surface area contributed by atoms with Gasteiger partial charge in [-0.2, -0.15) is 0 Å². The summed E-state index contributed by atoms with van der Waals surface area (Å²) in [5, 5.41) is 0. The normalized spacial score (nSPS) is 10.3. The summed E-state index contributed by atoms with van der Waals surface area (Å²) in [7, 11) is 0. The van der Waals surface area contributed by atoms with E-state index < -0.39 is 5.82 Å². The van der Waals surface area contributed by atoms with Crippen molar-refractivity contribution in [3.63, 3.8) is 0 Å². The van der Waals surface area contributed by atoms with E-state index in [9.17, 15) is 9.18 Å². The number of benzene rings is 2. The zero-order valence-corrected chi connectivity index (χ0v) is 11.3. The lowest BCUT2D eigenvalue weighted by Gasteiger charge is -2.22. The SMILES string of the molecule is Cc1cccc(N(CCN)C(=O)c2cccc(F)c2)c1. The van der Waals surface area contributed by atoms with E-state index in [1.807, 2.05) is 31.2 Å². The largest absolute Gasteiger partial charge is 0.329 e. The van der Waals surface area contributed by atoms with Crippen molar-refractivity contribution in [3.8, 4) is 0 Å². The molecule has 0 radical (unpaired) electrons. The number of hydrogen-bond donors (Lipinski definition) is 1. The van der Waals surface area contributed by atoms with Crippen LogP contribution in [0.15, 0.2) is 48.5 Å². The first kappa shape index (κ1) is 14.2. The van der Waals surface area contributed by atoms with Crippen molar-refractivity contribution in [2.75, 3.05) is 18.0 Å². The molecule has 4 heteroatoms. The number of carbonyl (C=O) groups is 1. The molecule has 0 saturated heterocycles. The Hall–Kier alpha value is -2.20. The number of carbonyl (C=O) groups excluding carboxylic acids is 1. The van der Waals surface area contributed by atoms with Crippen LogP contribution < -0.4 is 10.6 Å². The molecule has 2 aromatic rings. The van der Waals surface area contributed by atoms with E-state index in [0.717, 1.165) is 11.3 Å². The van der Waals surface area contributed by atoms with Crippen LogP contribution in [0.1, 0.15) is 15.9 Å². The van der Waals surface area contributed by atoms with Gasteiger partial charge in [-0.1, -0.05) is 18.2 Å². The van der Waals surface area contributed by atoms with Gasteiger partial charge in [-0.05, 0) is 42.8 Å². The molecule has 0 aliphatic rings. The van der Waals surface area contributed by atoms with Crippen LogP contribution in [0, 0.1) is 12.7 Å². The number of rotatable bonds is 4. The van der Waals surface area contributed by atoms with Gasteiger partial charge >= 0.3 is 0 Å². The molecule has 20 heavy (non-hydrogen) atoms. The zero-order chi connectivity index (χ0) is 14.5. The minimum Gasteiger partial charge on any atom is -0.329 e. The van der Waals surface area contributed by atoms with Gasteiger partial charge in [0.2, 0.25) is 0 Å². The first-order chi connectivity index (χ1) is 9.61. The molecule has 0 atom stereocenters. The molecular formula is C16H17FN2O. The zero-order valence-electron chi connectivity index (χ0n) is 11.3. The van der Waals surface area contributed by atoms with E-state index in [4.69, 9.17) is 5.73 Å². The van der Waals surface area contributed by atoms with Crippen LogP contribution in [0.3, 0.4) is 0 Å². The van der Waals surface area contributed by atoms with E-state index in [1.165, 1.54) is 18.2 Å². The number of anilines is 1. The Labute approximate surface area is 117 Å². The van der Waals surface area contributed by atoms with Crippen LogP contribution in [-0.2, 0) is 0 Å². The fourth-order valence-corrected chi connectivity index (χ4v) is 2.05. The summed E-state index contributed by atoms with van der Waals surface area (Å²) >= 11 is 0. The smallest absolute Gasteiger partial charge is 0.258 e. The number of aryl methyl sites for hydroxylation is 1. The highest BCUT2D eigenvalue weighted by Crippen LogP contribution is 2.18. The number of nitrogens with two attached hydrogens (primary N) is 1. The van der Waals surface area contributed by atoms with Crippen molar-refractivity contribution in [1.29, 1.82) is 0 Å². The second kappa shape index (κ2) is 6.30. The fraction of sp³-hybridized carbons (Fsp3) is 0.188. The lowest BCUT2D eigenvalue weighted by Crippen LogP contribution is -2.35. The Morgan fingerprint density at radius 2 is 1.95 bits per heavy atom. The van der Waals surface area contributed by atoms with Gasteiger partial charge in [-0.15, -0.1) is 0 Å². The van der Waals surface area contributed by atoms with Gasteiger partial charge in [0.1, 0.15) is 5.82 Å². The maximum Gasteiger partial charge on any atom is 0.258 e. The number of hydrogen-bond acceptors (Lipinski definition) is 2. The van der Waals surface area contributed by atoms with Gasteiger partial charge in [0.15, 0.2) is 0 Å².